The van der Waals surface area contributed by atoms with Crippen LogP contribution in [0.3, 0.4) is 0 Å². The standard InChI is InChI=1S/C13H26OSi/c1-11(2)15(12(3)4,13(5)6)10-8-9-14-7/h11-13H,9H2,1-7H3. The van der Waals surface area contributed by atoms with Gasteiger partial charge in [0.2, 0.25) is 0 Å². The van der Waals surface area contributed by atoms with Crippen LogP contribution in [0.2, 0.25) is 16.6 Å². The van der Waals surface area contributed by atoms with E-state index >= 15 is 0 Å². The van der Waals surface area contributed by atoms with E-state index in [0.717, 1.165) is 0 Å². The first kappa shape index (κ1) is 14.7. The van der Waals surface area contributed by atoms with Crippen LogP contribution in [0.15, 0.2) is 0 Å². The first-order valence-electron chi connectivity index (χ1n) is 5.88. The van der Waals surface area contributed by atoms with Crippen molar-refractivity contribution in [3.05, 3.63) is 0 Å². The highest BCUT2D eigenvalue weighted by atomic mass is 28.3. The maximum atomic E-state index is 5.03. The molecule has 0 bridgehead atoms. The lowest BCUT2D eigenvalue weighted by Crippen LogP contribution is -2.43. The van der Waals surface area contributed by atoms with Gasteiger partial charge in [-0.3, -0.25) is 0 Å². The van der Waals surface area contributed by atoms with Crippen molar-refractivity contribution in [2.45, 2.75) is 58.2 Å². The second-order valence-corrected chi connectivity index (χ2v) is 10.7. The molecule has 0 radical (unpaired) electrons. The monoisotopic (exact) mass is 226 g/mol. The van der Waals surface area contributed by atoms with Crippen LogP contribution in [-0.2, 0) is 4.74 Å². The van der Waals surface area contributed by atoms with E-state index in [1.54, 1.807) is 7.11 Å². The van der Waals surface area contributed by atoms with Crippen molar-refractivity contribution in [1.82, 2.24) is 0 Å². The highest BCUT2D eigenvalue weighted by Gasteiger charge is 2.41. The van der Waals surface area contributed by atoms with Crippen molar-refractivity contribution in [2.24, 2.45) is 0 Å². The summed E-state index contributed by atoms with van der Waals surface area (Å²) in [6, 6.07) is 0. The van der Waals surface area contributed by atoms with Crippen molar-refractivity contribution < 1.29 is 4.74 Å². The summed E-state index contributed by atoms with van der Waals surface area (Å²) in [6.45, 7) is 14.5. The average Bonchev–Trinajstić information content (AvgIpc) is 2.10. The molecule has 0 saturated heterocycles. The smallest absolute Gasteiger partial charge is 0.146 e. The molecular weight excluding hydrogens is 200 g/mol. The molecule has 0 saturated carbocycles. The van der Waals surface area contributed by atoms with Gasteiger partial charge in [-0.2, -0.15) is 0 Å². The number of hydrogen-bond donors (Lipinski definition) is 0. The highest BCUT2D eigenvalue weighted by Crippen LogP contribution is 2.40. The largest absolute Gasteiger partial charge is 0.372 e. The molecule has 1 nitrogen and oxygen atoms in total. The van der Waals surface area contributed by atoms with Gasteiger partial charge in [-0.05, 0) is 16.6 Å². The van der Waals surface area contributed by atoms with Crippen molar-refractivity contribution in [3.63, 3.8) is 0 Å². The molecule has 15 heavy (non-hydrogen) atoms. The summed E-state index contributed by atoms with van der Waals surface area (Å²) in [5.41, 5.74) is 5.73. The lowest BCUT2D eigenvalue weighted by Gasteiger charge is -2.38. The summed E-state index contributed by atoms with van der Waals surface area (Å²) in [5, 5.41) is 0. The Balaban J connectivity index is 5.08. The molecule has 0 heterocycles. The topological polar surface area (TPSA) is 9.23 Å². The van der Waals surface area contributed by atoms with E-state index < -0.39 is 8.07 Å². The Labute approximate surface area is 96.6 Å². The number of rotatable bonds is 4. The first-order valence-corrected chi connectivity index (χ1v) is 8.11. The summed E-state index contributed by atoms with van der Waals surface area (Å²) in [4.78, 5) is 0. The molecule has 0 aromatic heterocycles. The molecule has 88 valence electrons. The maximum absolute atomic E-state index is 5.03. The van der Waals surface area contributed by atoms with Gasteiger partial charge >= 0.3 is 0 Å². The SMILES string of the molecule is COCC#C[Si](C(C)C)(C(C)C)C(C)C. The Morgan fingerprint density at radius 2 is 1.33 bits per heavy atom. The zero-order valence-corrected chi connectivity index (χ0v) is 12.3. The fraction of sp³-hybridized carbons (Fsp3) is 0.846. The molecule has 0 aromatic rings. The van der Waals surface area contributed by atoms with Gasteiger partial charge in [0.25, 0.3) is 0 Å². The molecule has 0 amide bonds. The van der Waals surface area contributed by atoms with E-state index in [1.807, 2.05) is 0 Å². The lowest BCUT2D eigenvalue weighted by molar-refractivity contribution is 0.240. The van der Waals surface area contributed by atoms with Gasteiger partial charge in [0, 0.05) is 7.11 Å². The fourth-order valence-corrected chi connectivity index (χ4v) is 7.94. The van der Waals surface area contributed by atoms with Crippen LogP contribution in [0.25, 0.3) is 0 Å². The van der Waals surface area contributed by atoms with Crippen molar-refractivity contribution in [2.75, 3.05) is 13.7 Å². The van der Waals surface area contributed by atoms with Crippen molar-refractivity contribution in [3.8, 4) is 11.5 Å². The predicted octanol–water partition coefficient (Wildman–Crippen LogP) is 3.85. The third kappa shape index (κ3) is 3.36. The van der Waals surface area contributed by atoms with Crippen LogP contribution in [0.1, 0.15) is 41.5 Å². The van der Waals surface area contributed by atoms with Gasteiger partial charge in [0.15, 0.2) is 0 Å². The number of methoxy groups -OCH3 is 1. The molecule has 0 aliphatic heterocycles. The van der Waals surface area contributed by atoms with Crippen LogP contribution >= 0.6 is 0 Å². The molecule has 0 aliphatic rings. The Kier molecular flexibility index (Phi) is 6.24. The summed E-state index contributed by atoms with van der Waals surface area (Å²) in [6.07, 6.45) is 0. The Morgan fingerprint density at radius 1 is 0.933 bits per heavy atom. The van der Waals surface area contributed by atoms with Gasteiger partial charge in [0.1, 0.15) is 14.7 Å². The van der Waals surface area contributed by atoms with Gasteiger partial charge in [0.05, 0.1) is 0 Å². The van der Waals surface area contributed by atoms with E-state index in [-0.39, 0.29) is 0 Å². The number of ether oxygens (including phenoxy) is 1. The summed E-state index contributed by atoms with van der Waals surface area (Å²) < 4.78 is 5.03. The molecule has 0 aliphatic carbocycles. The minimum Gasteiger partial charge on any atom is -0.372 e. The Bertz CT molecular complexity index is 211. The zero-order valence-electron chi connectivity index (χ0n) is 11.3. The molecule has 0 rings (SSSR count). The Hall–Kier alpha value is -0.263. The number of hydrogen-bond acceptors (Lipinski definition) is 1. The molecular formula is C13H26OSi. The fourth-order valence-electron chi connectivity index (χ4n) is 2.69. The second kappa shape index (κ2) is 6.35. The molecule has 0 fully saturated rings. The van der Waals surface area contributed by atoms with Crippen LogP contribution in [-0.4, -0.2) is 21.8 Å². The van der Waals surface area contributed by atoms with Gasteiger partial charge < -0.3 is 4.74 Å². The van der Waals surface area contributed by atoms with Crippen molar-refractivity contribution >= 4 is 8.07 Å². The predicted molar refractivity (Wildman–Crippen MR) is 70.7 cm³/mol. The molecule has 0 unspecified atom stereocenters. The quantitative estimate of drug-likeness (QED) is 0.522. The van der Waals surface area contributed by atoms with Crippen LogP contribution in [0, 0.1) is 11.5 Å². The summed E-state index contributed by atoms with van der Waals surface area (Å²) >= 11 is 0. The van der Waals surface area contributed by atoms with E-state index in [2.05, 4.69) is 53.0 Å². The molecule has 0 aromatic carbocycles. The molecule has 0 N–H and O–H groups in total. The zero-order chi connectivity index (χ0) is 12.1. The first-order chi connectivity index (χ1) is 6.89. The van der Waals surface area contributed by atoms with Crippen LogP contribution < -0.4 is 0 Å². The third-order valence-corrected chi connectivity index (χ3v) is 9.73. The van der Waals surface area contributed by atoms with Gasteiger partial charge in [-0.1, -0.05) is 47.5 Å². The summed E-state index contributed by atoms with van der Waals surface area (Å²) in [7, 11) is 0.200. The minimum atomic E-state index is -1.51. The van der Waals surface area contributed by atoms with E-state index in [1.165, 1.54) is 0 Å². The van der Waals surface area contributed by atoms with E-state index in [4.69, 9.17) is 4.74 Å². The van der Waals surface area contributed by atoms with Gasteiger partial charge in [-0.25, -0.2) is 0 Å². The van der Waals surface area contributed by atoms with Crippen LogP contribution in [0.4, 0.5) is 0 Å². The summed E-state index contributed by atoms with van der Waals surface area (Å²) in [5.74, 6) is 3.21. The molecule has 0 atom stereocenters. The lowest BCUT2D eigenvalue weighted by atomic mass is 10.5. The van der Waals surface area contributed by atoms with Crippen molar-refractivity contribution in [1.29, 1.82) is 0 Å². The third-order valence-electron chi connectivity index (χ3n) is 3.39. The minimum absolute atomic E-state index is 0.570. The molecule has 0 spiro atoms. The van der Waals surface area contributed by atoms with Gasteiger partial charge in [-0.15, -0.1) is 5.54 Å². The normalized spacial score (nSPS) is 12.1. The second-order valence-electron chi connectivity index (χ2n) is 5.13. The molecule has 2 heteroatoms. The maximum Gasteiger partial charge on any atom is 0.146 e. The van der Waals surface area contributed by atoms with Crippen LogP contribution in [0.5, 0.6) is 0 Å². The highest BCUT2D eigenvalue weighted by molar-refractivity contribution is 6.90. The Morgan fingerprint density at radius 3 is 1.60 bits per heavy atom. The van der Waals surface area contributed by atoms with E-state index in [9.17, 15) is 0 Å². The van der Waals surface area contributed by atoms with E-state index in [0.29, 0.717) is 23.2 Å². The average molecular weight is 226 g/mol.